The first-order valence-electron chi connectivity index (χ1n) is 6.90. The number of nitrogens with zero attached hydrogens (tertiary/aromatic N) is 2. The molecule has 1 atom stereocenters. The summed E-state index contributed by atoms with van der Waals surface area (Å²) in [6.07, 6.45) is 0.437. The molecule has 0 bridgehead atoms. The highest BCUT2D eigenvalue weighted by atomic mass is 16.4. The molecular weight excluding hydrogens is 264 g/mol. The first-order valence-corrected chi connectivity index (χ1v) is 6.90. The fourth-order valence-electron chi connectivity index (χ4n) is 2.57. The first-order chi connectivity index (χ1) is 10.2. The van der Waals surface area contributed by atoms with Crippen molar-refractivity contribution in [2.45, 2.75) is 19.0 Å². The van der Waals surface area contributed by atoms with Crippen LogP contribution in [0.3, 0.4) is 0 Å². The average molecular weight is 280 g/mol. The van der Waals surface area contributed by atoms with Gasteiger partial charge in [0.15, 0.2) is 0 Å². The minimum absolute atomic E-state index is 0.0162. The van der Waals surface area contributed by atoms with E-state index in [0.717, 1.165) is 11.1 Å². The van der Waals surface area contributed by atoms with Gasteiger partial charge in [-0.25, -0.2) is 4.79 Å². The van der Waals surface area contributed by atoms with E-state index in [0.29, 0.717) is 13.0 Å². The van der Waals surface area contributed by atoms with Crippen molar-refractivity contribution < 1.29 is 9.90 Å². The van der Waals surface area contributed by atoms with Crippen molar-refractivity contribution in [1.82, 2.24) is 5.01 Å². The minimum atomic E-state index is -0.938. The lowest BCUT2D eigenvalue weighted by Gasteiger charge is -2.24. The molecule has 2 aromatic carbocycles. The molecule has 2 aromatic rings. The molecule has 4 nitrogen and oxygen atoms in total. The Morgan fingerprint density at radius 2 is 1.71 bits per heavy atom. The third kappa shape index (κ3) is 2.94. The van der Waals surface area contributed by atoms with Gasteiger partial charge in [-0.3, -0.25) is 5.01 Å². The van der Waals surface area contributed by atoms with Crippen LogP contribution < -0.4 is 0 Å². The van der Waals surface area contributed by atoms with Crippen molar-refractivity contribution in [2.24, 2.45) is 5.10 Å². The highest BCUT2D eigenvalue weighted by Gasteiger charge is 2.31. The molecule has 0 saturated heterocycles. The van der Waals surface area contributed by atoms with Crippen molar-refractivity contribution in [3.63, 3.8) is 0 Å². The van der Waals surface area contributed by atoms with Crippen LogP contribution in [0.1, 0.15) is 23.6 Å². The molecule has 21 heavy (non-hydrogen) atoms. The standard InChI is InChI=1S/C17H16N2O2/c20-17(21)15-11-16(14-9-5-2-6-10-14)19(18-15)12-13-7-3-1-4-8-13/h1-10,16H,11-12H2,(H,20,21). The van der Waals surface area contributed by atoms with Gasteiger partial charge in [0.05, 0.1) is 12.6 Å². The van der Waals surface area contributed by atoms with E-state index in [-0.39, 0.29) is 11.8 Å². The molecule has 1 N–H and O–H groups in total. The highest BCUT2D eigenvalue weighted by molar-refractivity contribution is 6.36. The number of aliphatic carboxylic acids is 1. The van der Waals surface area contributed by atoms with E-state index in [9.17, 15) is 9.90 Å². The van der Waals surface area contributed by atoms with Gasteiger partial charge in [0, 0.05) is 6.42 Å². The van der Waals surface area contributed by atoms with E-state index < -0.39 is 5.97 Å². The Morgan fingerprint density at radius 1 is 1.10 bits per heavy atom. The number of carboxylic acids is 1. The Balaban J connectivity index is 1.87. The lowest BCUT2D eigenvalue weighted by Crippen LogP contribution is -2.19. The number of benzene rings is 2. The van der Waals surface area contributed by atoms with Crippen molar-refractivity contribution >= 4 is 11.7 Å². The zero-order valence-corrected chi connectivity index (χ0v) is 11.5. The Bertz CT molecular complexity index is 653. The van der Waals surface area contributed by atoms with Crippen LogP contribution in [-0.4, -0.2) is 21.8 Å². The summed E-state index contributed by atoms with van der Waals surface area (Å²) in [6.45, 7) is 0.608. The second-order valence-corrected chi connectivity index (χ2v) is 5.07. The summed E-state index contributed by atoms with van der Waals surface area (Å²) in [5, 5.41) is 15.4. The van der Waals surface area contributed by atoms with Crippen molar-refractivity contribution in [3.8, 4) is 0 Å². The van der Waals surface area contributed by atoms with Crippen LogP contribution in [-0.2, 0) is 11.3 Å². The largest absolute Gasteiger partial charge is 0.477 e. The average Bonchev–Trinajstić information content (AvgIpc) is 2.93. The summed E-state index contributed by atoms with van der Waals surface area (Å²) in [4.78, 5) is 11.2. The van der Waals surface area contributed by atoms with Crippen LogP contribution in [0.4, 0.5) is 0 Å². The number of hydrogen-bond donors (Lipinski definition) is 1. The summed E-state index contributed by atoms with van der Waals surface area (Å²) >= 11 is 0. The maximum absolute atomic E-state index is 11.2. The van der Waals surface area contributed by atoms with Gasteiger partial charge in [-0.05, 0) is 11.1 Å². The zero-order valence-electron chi connectivity index (χ0n) is 11.5. The van der Waals surface area contributed by atoms with E-state index in [1.165, 1.54) is 0 Å². The van der Waals surface area contributed by atoms with Gasteiger partial charge >= 0.3 is 5.97 Å². The van der Waals surface area contributed by atoms with Crippen LogP contribution in [0.5, 0.6) is 0 Å². The fraction of sp³-hybridized carbons (Fsp3) is 0.176. The second kappa shape index (κ2) is 5.79. The molecule has 1 aliphatic rings. The Kier molecular flexibility index (Phi) is 3.69. The van der Waals surface area contributed by atoms with E-state index in [1.54, 1.807) is 0 Å². The Morgan fingerprint density at radius 3 is 2.33 bits per heavy atom. The van der Waals surface area contributed by atoms with Gasteiger partial charge in [-0.1, -0.05) is 60.7 Å². The van der Waals surface area contributed by atoms with Crippen molar-refractivity contribution in [1.29, 1.82) is 0 Å². The first kappa shape index (κ1) is 13.4. The molecule has 1 unspecified atom stereocenters. The molecule has 0 radical (unpaired) electrons. The minimum Gasteiger partial charge on any atom is -0.477 e. The number of hydrazone groups is 1. The molecule has 0 spiro atoms. The number of carboxylic acid groups (broad SMARTS) is 1. The summed E-state index contributed by atoms with van der Waals surface area (Å²) < 4.78 is 0. The summed E-state index contributed by atoms with van der Waals surface area (Å²) in [6, 6.07) is 19.9. The third-order valence-electron chi connectivity index (χ3n) is 3.61. The second-order valence-electron chi connectivity index (χ2n) is 5.07. The lowest BCUT2D eigenvalue weighted by atomic mass is 10.0. The van der Waals surface area contributed by atoms with Crippen LogP contribution in [0.25, 0.3) is 0 Å². The molecule has 0 fully saturated rings. The molecule has 0 amide bonds. The quantitative estimate of drug-likeness (QED) is 0.936. The molecule has 4 heteroatoms. The molecule has 1 aliphatic heterocycles. The van der Waals surface area contributed by atoms with Crippen LogP contribution in [0, 0.1) is 0 Å². The molecule has 106 valence electrons. The number of rotatable bonds is 4. The molecule has 0 saturated carbocycles. The Labute approximate surface area is 123 Å². The number of hydrogen-bond acceptors (Lipinski definition) is 3. The summed E-state index contributed by atoms with van der Waals surface area (Å²) in [5.41, 5.74) is 2.43. The van der Waals surface area contributed by atoms with Gasteiger partial charge in [-0.2, -0.15) is 5.10 Å². The van der Waals surface area contributed by atoms with Gasteiger partial charge in [0.25, 0.3) is 0 Å². The van der Waals surface area contributed by atoms with Crippen LogP contribution in [0.2, 0.25) is 0 Å². The maximum atomic E-state index is 11.2. The fourth-order valence-corrected chi connectivity index (χ4v) is 2.57. The number of carbonyl (C=O) groups is 1. The molecule has 0 aliphatic carbocycles. The monoisotopic (exact) mass is 280 g/mol. The summed E-state index contributed by atoms with van der Waals surface area (Å²) in [5.74, 6) is -0.938. The van der Waals surface area contributed by atoms with Gasteiger partial charge in [0.2, 0.25) is 0 Å². The molecule has 1 heterocycles. The lowest BCUT2D eigenvalue weighted by molar-refractivity contribution is -0.129. The topological polar surface area (TPSA) is 52.9 Å². The van der Waals surface area contributed by atoms with E-state index >= 15 is 0 Å². The van der Waals surface area contributed by atoms with Crippen LogP contribution >= 0.6 is 0 Å². The van der Waals surface area contributed by atoms with Crippen LogP contribution in [0.15, 0.2) is 65.8 Å². The maximum Gasteiger partial charge on any atom is 0.352 e. The van der Waals surface area contributed by atoms with E-state index in [2.05, 4.69) is 5.10 Å². The van der Waals surface area contributed by atoms with Crippen molar-refractivity contribution in [2.75, 3.05) is 0 Å². The van der Waals surface area contributed by atoms with E-state index in [4.69, 9.17) is 0 Å². The van der Waals surface area contributed by atoms with Gasteiger partial charge in [0.1, 0.15) is 5.71 Å². The van der Waals surface area contributed by atoms with E-state index in [1.807, 2.05) is 65.7 Å². The molecular formula is C17H16N2O2. The predicted octanol–water partition coefficient (Wildman–Crippen LogP) is 3.07. The zero-order chi connectivity index (χ0) is 14.7. The molecule has 3 rings (SSSR count). The highest BCUT2D eigenvalue weighted by Crippen LogP contribution is 2.31. The Hall–Kier alpha value is -2.62. The SMILES string of the molecule is O=C(O)C1=NN(Cc2ccccc2)C(c2ccccc2)C1. The normalized spacial score (nSPS) is 17.6. The summed E-state index contributed by atoms with van der Waals surface area (Å²) in [7, 11) is 0. The van der Waals surface area contributed by atoms with Gasteiger partial charge < -0.3 is 5.11 Å². The third-order valence-corrected chi connectivity index (χ3v) is 3.61. The molecule has 0 aromatic heterocycles. The predicted molar refractivity (Wildman–Crippen MR) is 80.9 cm³/mol. The smallest absolute Gasteiger partial charge is 0.352 e. The van der Waals surface area contributed by atoms with Gasteiger partial charge in [-0.15, -0.1) is 0 Å². The van der Waals surface area contributed by atoms with Crippen molar-refractivity contribution in [3.05, 3.63) is 71.8 Å².